The number of amides is 4. The van der Waals surface area contributed by atoms with E-state index in [1.54, 1.807) is 81.4 Å². The van der Waals surface area contributed by atoms with Crippen molar-refractivity contribution in [2.45, 2.75) is 91.6 Å². The fraction of sp³-hybridized carbons (Fsp3) is 0.491. The van der Waals surface area contributed by atoms with Gasteiger partial charge in [0.1, 0.15) is 26.2 Å². The maximum Gasteiger partial charge on any atom is 0.410 e. The van der Waals surface area contributed by atoms with Gasteiger partial charge in [0.15, 0.2) is 6.19 Å². The van der Waals surface area contributed by atoms with Crippen molar-refractivity contribution in [1.29, 1.82) is 5.26 Å². The zero-order chi connectivity index (χ0) is 53.7. The molecule has 0 saturated carbocycles. The number of likely N-dealkylation sites (tertiary alicyclic amines) is 3. The number of benzene rings is 3. The number of ether oxygens (including phenoxy) is 2. The van der Waals surface area contributed by atoms with Crippen molar-refractivity contribution in [3.05, 3.63) is 87.8 Å². The van der Waals surface area contributed by atoms with Gasteiger partial charge in [0.05, 0.1) is 61.5 Å². The van der Waals surface area contributed by atoms with Gasteiger partial charge < -0.3 is 44.4 Å². The topological polar surface area (TPSA) is 215 Å². The second-order valence-electron chi connectivity index (χ2n) is 20.3. The van der Waals surface area contributed by atoms with Crippen molar-refractivity contribution >= 4 is 94.6 Å². The minimum atomic E-state index is -0.846. The molecule has 3 fully saturated rings. The van der Waals surface area contributed by atoms with Crippen LogP contribution in [0.5, 0.6) is 0 Å². The van der Waals surface area contributed by atoms with Crippen molar-refractivity contribution in [2.75, 3.05) is 60.4 Å². The van der Waals surface area contributed by atoms with E-state index in [0.29, 0.717) is 58.7 Å². The number of nitrogens with zero attached hydrogens (tertiary/aromatic N) is 9. The van der Waals surface area contributed by atoms with Gasteiger partial charge in [0.2, 0.25) is 11.8 Å². The Labute approximate surface area is 444 Å². The number of nitrogens with one attached hydrogen (secondary N) is 1. The lowest BCUT2D eigenvalue weighted by Gasteiger charge is -2.25. The van der Waals surface area contributed by atoms with Crippen LogP contribution in [0.25, 0.3) is 30.6 Å². The van der Waals surface area contributed by atoms with Gasteiger partial charge >= 0.3 is 18.2 Å². The zero-order valence-electron chi connectivity index (χ0n) is 43.7. The molecule has 3 atom stereocenters. The molecule has 0 radical (unpaired) electrons. The highest BCUT2D eigenvalue weighted by molar-refractivity contribution is 7.19. The third kappa shape index (κ3) is 16.5. The Bertz CT molecular complexity index is 2820. The number of aliphatic carboxylic acids is 1. The Hall–Kier alpha value is -6.47. The monoisotopic (exact) mass is 1070 g/mol. The number of hydrogen-bond donors (Lipinski definition) is 2. The lowest BCUT2D eigenvalue weighted by molar-refractivity contribution is -0.141. The lowest BCUT2D eigenvalue weighted by Crippen LogP contribution is -2.38. The summed E-state index contributed by atoms with van der Waals surface area (Å²) in [5.41, 5.74) is 1.99. The SMILES string of the molecule is CC(C)(C)OC(=O)N1CCC(C(=O)O)C1.CN(Cc1nc2ccccc2s1)C(=O)C1CCN(C#N)C1.CN(Cc1nc2ccccc2s1)C(=O)C1CCN(C(=O)OC(C)(C)C)C1.CNCc1nc2ccccc2s1. The zero-order valence-corrected chi connectivity index (χ0v) is 46.1. The van der Waals surface area contributed by atoms with Gasteiger partial charge in [0, 0.05) is 59.9 Å². The smallest absolute Gasteiger partial charge is 0.410 e. The van der Waals surface area contributed by atoms with Crippen LogP contribution in [0, 0.1) is 29.2 Å². The number of carbonyl (C=O) groups is 5. The third-order valence-electron chi connectivity index (χ3n) is 11.9. The van der Waals surface area contributed by atoms with Gasteiger partial charge in [-0.3, -0.25) is 14.4 Å². The summed E-state index contributed by atoms with van der Waals surface area (Å²) in [6, 6.07) is 24.2. The van der Waals surface area contributed by atoms with E-state index in [4.69, 9.17) is 19.8 Å². The molecular formula is C53H68N10O8S3. The van der Waals surface area contributed by atoms with Crippen LogP contribution in [-0.4, -0.2) is 146 Å². The van der Waals surface area contributed by atoms with Crippen LogP contribution in [-0.2, 0) is 43.5 Å². The average molecular weight is 1070 g/mol. The van der Waals surface area contributed by atoms with Crippen LogP contribution in [0.15, 0.2) is 72.8 Å². The number of fused-ring (bicyclic) bond motifs is 3. The molecule has 396 valence electrons. The summed E-state index contributed by atoms with van der Waals surface area (Å²) >= 11 is 4.98. The first kappa shape index (κ1) is 56.8. The summed E-state index contributed by atoms with van der Waals surface area (Å²) < 4.78 is 14.1. The Balaban J connectivity index is 0.000000167. The average Bonchev–Trinajstić information content (AvgIpc) is 4.22. The molecule has 3 saturated heterocycles. The number of nitriles is 1. The quantitative estimate of drug-likeness (QED) is 0.129. The minimum absolute atomic E-state index is 0.0512. The number of aromatic nitrogens is 3. The molecular weight excluding hydrogens is 1000 g/mol. The largest absolute Gasteiger partial charge is 0.481 e. The van der Waals surface area contributed by atoms with Crippen LogP contribution in [0.4, 0.5) is 9.59 Å². The van der Waals surface area contributed by atoms with Crippen LogP contribution in [0.2, 0.25) is 0 Å². The van der Waals surface area contributed by atoms with Gasteiger partial charge in [-0.2, -0.15) is 5.26 Å². The first-order valence-electron chi connectivity index (χ1n) is 24.6. The molecule has 21 heteroatoms. The van der Waals surface area contributed by atoms with Crippen molar-refractivity contribution in [3.63, 3.8) is 0 Å². The molecule has 6 heterocycles. The van der Waals surface area contributed by atoms with Gasteiger partial charge in [-0.25, -0.2) is 24.5 Å². The standard InChI is InChI=1S/C19H25N3O3S.C15H16N4OS.C10H17NO4.C9H10N2S/c1-19(2,3)25-18(24)22-10-9-13(11-22)17(23)21(4)12-16-20-14-7-5-6-8-15(14)26-16;1-18(15(20)11-6-7-19(8-11)10-16)9-14-17-12-4-2-3-5-13(12)21-14;1-10(2,3)15-9(14)11-5-4-7(6-11)8(12)13;1-10-6-9-11-7-4-2-3-5-8(7)12-9/h5-8,13H,9-12H2,1-4H3;2-5,11H,6-9H2,1H3;7H,4-6H2,1-3H3,(H,12,13);2-5,10H,6H2,1H3. The summed E-state index contributed by atoms with van der Waals surface area (Å²) in [5, 5.41) is 23.7. The molecule has 0 bridgehead atoms. The van der Waals surface area contributed by atoms with E-state index in [1.807, 2.05) is 102 Å². The maximum atomic E-state index is 12.7. The number of carboxylic acids is 1. The number of rotatable bonds is 9. The van der Waals surface area contributed by atoms with E-state index in [2.05, 4.69) is 32.5 Å². The summed E-state index contributed by atoms with van der Waals surface area (Å²) in [6.07, 6.45) is 3.27. The number of thiazole rings is 3. The fourth-order valence-corrected chi connectivity index (χ4v) is 11.3. The van der Waals surface area contributed by atoms with Crippen LogP contribution < -0.4 is 5.32 Å². The van der Waals surface area contributed by atoms with Crippen molar-refractivity contribution in [1.82, 2.24) is 44.8 Å². The van der Waals surface area contributed by atoms with Crippen LogP contribution in [0.3, 0.4) is 0 Å². The minimum Gasteiger partial charge on any atom is -0.481 e. The second-order valence-corrected chi connectivity index (χ2v) is 23.7. The van der Waals surface area contributed by atoms with E-state index in [9.17, 15) is 24.0 Å². The molecule has 3 unspecified atom stereocenters. The maximum absolute atomic E-state index is 12.7. The number of carbonyl (C=O) groups excluding carboxylic acids is 4. The predicted octanol–water partition coefficient (Wildman–Crippen LogP) is 8.91. The van der Waals surface area contributed by atoms with Gasteiger partial charge in [-0.05, 0) is 104 Å². The molecule has 74 heavy (non-hydrogen) atoms. The molecule has 9 rings (SSSR count). The molecule has 4 amide bonds. The first-order chi connectivity index (χ1) is 35.1. The summed E-state index contributed by atoms with van der Waals surface area (Å²) in [5.74, 6) is -1.38. The summed E-state index contributed by atoms with van der Waals surface area (Å²) in [7, 11) is 5.54. The van der Waals surface area contributed by atoms with E-state index in [0.717, 1.165) is 53.9 Å². The summed E-state index contributed by atoms with van der Waals surface area (Å²) in [4.78, 5) is 81.3. The van der Waals surface area contributed by atoms with Crippen molar-refractivity contribution in [2.24, 2.45) is 17.8 Å². The molecule has 3 aliphatic heterocycles. The fourth-order valence-electron chi connectivity index (χ4n) is 8.27. The molecule has 0 aliphatic carbocycles. The Morgan fingerprint density at radius 1 is 0.635 bits per heavy atom. The molecule has 3 aromatic carbocycles. The molecule has 6 aromatic rings. The second kappa shape index (κ2) is 25.7. The molecule has 0 spiro atoms. The van der Waals surface area contributed by atoms with Crippen molar-refractivity contribution < 1.29 is 38.6 Å². The molecule has 3 aliphatic rings. The summed E-state index contributed by atoms with van der Waals surface area (Å²) in [6.45, 7) is 15.7. The van der Waals surface area contributed by atoms with E-state index >= 15 is 0 Å². The normalized spacial score (nSPS) is 17.4. The highest BCUT2D eigenvalue weighted by atomic mass is 32.1. The Morgan fingerprint density at radius 3 is 1.39 bits per heavy atom. The number of carboxylic acid groups (broad SMARTS) is 1. The Kier molecular flexibility index (Phi) is 19.7. The van der Waals surface area contributed by atoms with E-state index in [1.165, 1.54) is 9.60 Å². The van der Waals surface area contributed by atoms with E-state index < -0.39 is 29.2 Å². The third-order valence-corrected chi connectivity index (χ3v) is 15.0. The van der Waals surface area contributed by atoms with E-state index in [-0.39, 0.29) is 36.3 Å². The molecule has 3 aromatic heterocycles. The van der Waals surface area contributed by atoms with Crippen LogP contribution in [0.1, 0.15) is 75.8 Å². The highest BCUT2D eigenvalue weighted by Gasteiger charge is 2.36. The van der Waals surface area contributed by atoms with Gasteiger partial charge in [0.25, 0.3) is 0 Å². The number of hydrogen-bond acceptors (Lipinski definition) is 16. The van der Waals surface area contributed by atoms with Gasteiger partial charge in [-0.15, -0.1) is 34.0 Å². The van der Waals surface area contributed by atoms with Crippen LogP contribution >= 0.6 is 34.0 Å². The van der Waals surface area contributed by atoms with Crippen molar-refractivity contribution in [3.8, 4) is 6.19 Å². The van der Waals surface area contributed by atoms with Gasteiger partial charge in [-0.1, -0.05) is 36.4 Å². The number of para-hydroxylation sites is 3. The first-order valence-corrected chi connectivity index (χ1v) is 27.1. The Morgan fingerprint density at radius 2 is 1.01 bits per heavy atom. The molecule has 18 nitrogen and oxygen atoms in total. The molecule has 2 N–H and O–H groups in total. The highest BCUT2D eigenvalue weighted by Crippen LogP contribution is 2.27. The lowest BCUT2D eigenvalue weighted by atomic mass is 10.1. The predicted molar refractivity (Wildman–Crippen MR) is 289 cm³/mol.